The lowest BCUT2D eigenvalue weighted by Crippen LogP contribution is -2.45. The van der Waals surface area contributed by atoms with E-state index in [2.05, 4.69) is 36.7 Å². The zero-order chi connectivity index (χ0) is 21.7. The number of hydrogen-bond acceptors (Lipinski definition) is 5. The van der Waals surface area contributed by atoms with E-state index in [9.17, 15) is 14.4 Å². The molecule has 0 bridgehead atoms. The highest BCUT2D eigenvalue weighted by Gasteiger charge is 2.13. The summed E-state index contributed by atoms with van der Waals surface area (Å²) in [4.78, 5) is 35.9. The lowest BCUT2D eigenvalue weighted by molar-refractivity contribution is -0.130. The molecule has 156 valence electrons. The van der Waals surface area contributed by atoms with E-state index in [4.69, 9.17) is 4.74 Å². The number of benzene rings is 2. The van der Waals surface area contributed by atoms with Gasteiger partial charge in [-0.2, -0.15) is 5.10 Å². The van der Waals surface area contributed by atoms with Gasteiger partial charge in [0, 0.05) is 5.39 Å². The second kappa shape index (κ2) is 8.77. The Balaban J connectivity index is 1.50. The SMILES string of the molecule is CC(C)(C)c1ccc(OCC(=O)NNC(=O)Cn2ncc(=O)c3ccccc32)cc1. The predicted molar refractivity (Wildman–Crippen MR) is 113 cm³/mol. The van der Waals surface area contributed by atoms with Crippen molar-refractivity contribution < 1.29 is 14.3 Å². The summed E-state index contributed by atoms with van der Waals surface area (Å²) in [6.45, 7) is 5.95. The number of carbonyl (C=O) groups is 2. The fourth-order valence-corrected chi connectivity index (χ4v) is 2.84. The molecule has 0 radical (unpaired) electrons. The van der Waals surface area contributed by atoms with Crippen LogP contribution in [-0.4, -0.2) is 28.2 Å². The van der Waals surface area contributed by atoms with Crippen LogP contribution in [0.2, 0.25) is 0 Å². The van der Waals surface area contributed by atoms with Gasteiger partial charge in [-0.25, -0.2) is 0 Å². The first-order chi connectivity index (χ1) is 14.2. The Morgan fingerprint density at radius 1 is 1.00 bits per heavy atom. The minimum absolute atomic E-state index is 0.0341. The molecule has 30 heavy (non-hydrogen) atoms. The Morgan fingerprint density at radius 3 is 2.37 bits per heavy atom. The van der Waals surface area contributed by atoms with Gasteiger partial charge in [-0.05, 0) is 35.2 Å². The monoisotopic (exact) mass is 408 g/mol. The molecule has 8 nitrogen and oxygen atoms in total. The molecule has 2 N–H and O–H groups in total. The first-order valence-electron chi connectivity index (χ1n) is 9.50. The van der Waals surface area contributed by atoms with Crippen molar-refractivity contribution in [1.29, 1.82) is 0 Å². The molecule has 0 unspecified atom stereocenters. The Morgan fingerprint density at radius 2 is 1.67 bits per heavy atom. The summed E-state index contributed by atoms with van der Waals surface area (Å²) in [6.07, 6.45) is 1.16. The predicted octanol–water partition coefficient (Wildman–Crippen LogP) is 1.92. The van der Waals surface area contributed by atoms with Crippen molar-refractivity contribution in [3.63, 3.8) is 0 Å². The number of fused-ring (bicyclic) bond motifs is 1. The van der Waals surface area contributed by atoms with Gasteiger partial charge in [-0.15, -0.1) is 0 Å². The van der Waals surface area contributed by atoms with E-state index in [0.29, 0.717) is 16.7 Å². The highest BCUT2D eigenvalue weighted by atomic mass is 16.5. The number of hydrogen-bond donors (Lipinski definition) is 2. The van der Waals surface area contributed by atoms with Crippen molar-refractivity contribution in [3.8, 4) is 5.75 Å². The van der Waals surface area contributed by atoms with Gasteiger partial charge in [0.2, 0.25) is 5.43 Å². The molecular formula is C22H24N4O4. The van der Waals surface area contributed by atoms with Crippen molar-refractivity contribution in [3.05, 3.63) is 70.5 Å². The maximum Gasteiger partial charge on any atom is 0.276 e. The largest absolute Gasteiger partial charge is 0.484 e. The average Bonchev–Trinajstić information content (AvgIpc) is 2.72. The molecule has 0 spiro atoms. The van der Waals surface area contributed by atoms with E-state index >= 15 is 0 Å². The normalized spacial score (nSPS) is 11.2. The Labute approximate surface area is 173 Å². The summed E-state index contributed by atoms with van der Waals surface area (Å²) in [5, 5.41) is 4.45. The first kappa shape index (κ1) is 21.0. The molecule has 0 atom stereocenters. The number of amides is 2. The summed E-state index contributed by atoms with van der Waals surface area (Å²) in [6, 6.07) is 14.4. The fraction of sp³-hybridized carbons (Fsp3) is 0.273. The van der Waals surface area contributed by atoms with Crippen LogP contribution in [-0.2, 0) is 21.5 Å². The quantitative estimate of drug-likeness (QED) is 0.628. The zero-order valence-electron chi connectivity index (χ0n) is 17.1. The minimum Gasteiger partial charge on any atom is -0.484 e. The average molecular weight is 408 g/mol. The molecular weight excluding hydrogens is 384 g/mol. The molecule has 0 saturated heterocycles. The van der Waals surface area contributed by atoms with E-state index in [0.717, 1.165) is 11.8 Å². The lowest BCUT2D eigenvalue weighted by atomic mass is 9.87. The Bertz CT molecular complexity index is 1110. The number of hydrazine groups is 1. The maximum absolute atomic E-state index is 12.1. The Kier molecular flexibility index (Phi) is 6.15. The molecule has 1 aromatic heterocycles. The second-order valence-electron chi connectivity index (χ2n) is 7.84. The van der Waals surface area contributed by atoms with Crippen molar-refractivity contribution in [1.82, 2.24) is 20.6 Å². The highest BCUT2D eigenvalue weighted by Crippen LogP contribution is 2.24. The second-order valence-corrected chi connectivity index (χ2v) is 7.84. The van der Waals surface area contributed by atoms with Crippen LogP contribution in [0.5, 0.6) is 5.75 Å². The van der Waals surface area contributed by atoms with E-state index in [1.165, 1.54) is 4.68 Å². The summed E-state index contributed by atoms with van der Waals surface area (Å²) >= 11 is 0. The molecule has 3 rings (SSSR count). The lowest BCUT2D eigenvalue weighted by Gasteiger charge is -2.19. The van der Waals surface area contributed by atoms with Gasteiger partial charge in [0.15, 0.2) is 6.61 Å². The van der Waals surface area contributed by atoms with Crippen LogP contribution in [0.1, 0.15) is 26.3 Å². The number of para-hydroxylation sites is 1. The van der Waals surface area contributed by atoms with Crippen molar-refractivity contribution in [2.24, 2.45) is 0 Å². The smallest absolute Gasteiger partial charge is 0.276 e. The van der Waals surface area contributed by atoms with E-state index in [1.54, 1.807) is 36.4 Å². The summed E-state index contributed by atoms with van der Waals surface area (Å²) in [5.74, 6) is -0.423. The van der Waals surface area contributed by atoms with Crippen molar-refractivity contribution in [2.45, 2.75) is 32.7 Å². The van der Waals surface area contributed by atoms with Crippen LogP contribution >= 0.6 is 0 Å². The standard InChI is InChI=1S/C22H24N4O4/c1-22(2,3)15-8-10-16(11-9-15)30-14-21(29)25-24-20(28)13-26-18-7-5-4-6-17(18)19(27)12-23-26/h4-12H,13-14H2,1-3H3,(H,24,28)(H,25,29). The third-order valence-electron chi connectivity index (χ3n) is 4.49. The highest BCUT2D eigenvalue weighted by molar-refractivity contribution is 5.84. The third kappa shape index (κ3) is 5.22. The molecule has 0 saturated carbocycles. The van der Waals surface area contributed by atoms with E-state index in [-0.39, 0.29) is 24.0 Å². The van der Waals surface area contributed by atoms with Crippen LogP contribution in [0, 0.1) is 0 Å². The van der Waals surface area contributed by atoms with Gasteiger partial charge in [0.25, 0.3) is 11.8 Å². The number of carbonyl (C=O) groups excluding carboxylic acids is 2. The summed E-state index contributed by atoms with van der Waals surface area (Å²) < 4.78 is 6.84. The minimum atomic E-state index is -0.499. The third-order valence-corrected chi connectivity index (χ3v) is 4.49. The van der Waals surface area contributed by atoms with Crippen LogP contribution in [0.25, 0.3) is 10.9 Å². The van der Waals surface area contributed by atoms with Crippen LogP contribution < -0.4 is 21.0 Å². The fourth-order valence-electron chi connectivity index (χ4n) is 2.84. The topological polar surface area (TPSA) is 102 Å². The van der Waals surface area contributed by atoms with Gasteiger partial charge in [-0.1, -0.05) is 45.0 Å². The maximum atomic E-state index is 12.1. The van der Waals surface area contributed by atoms with Crippen LogP contribution in [0.3, 0.4) is 0 Å². The van der Waals surface area contributed by atoms with Gasteiger partial charge in [0.1, 0.15) is 12.3 Å². The van der Waals surface area contributed by atoms with Gasteiger partial charge < -0.3 is 4.74 Å². The molecule has 2 amide bonds. The number of nitrogens with one attached hydrogen (secondary N) is 2. The molecule has 2 aromatic carbocycles. The van der Waals surface area contributed by atoms with Crippen molar-refractivity contribution >= 4 is 22.7 Å². The Hall–Kier alpha value is -3.68. The number of rotatable bonds is 5. The van der Waals surface area contributed by atoms with E-state index in [1.807, 2.05) is 12.1 Å². The molecule has 0 aliphatic carbocycles. The molecule has 0 aliphatic heterocycles. The molecule has 1 heterocycles. The molecule has 0 aliphatic rings. The zero-order valence-corrected chi connectivity index (χ0v) is 17.1. The summed E-state index contributed by atoms with van der Waals surface area (Å²) in [7, 11) is 0. The van der Waals surface area contributed by atoms with E-state index < -0.39 is 11.8 Å². The number of nitrogens with zero attached hydrogens (tertiary/aromatic N) is 2. The van der Waals surface area contributed by atoms with Gasteiger partial charge in [0.05, 0.1) is 11.7 Å². The molecule has 8 heteroatoms. The summed E-state index contributed by atoms with van der Waals surface area (Å²) in [5.41, 5.74) is 6.13. The first-order valence-corrected chi connectivity index (χ1v) is 9.50. The van der Waals surface area contributed by atoms with Crippen molar-refractivity contribution in [2.75, 3.05) is 6.61 Å². The van der Waals surface area contributed by atoms with Crippen LogP contribution in [0.4, 0.5) is 0 Å². The van der Waals surface area contributed by atoms with Crippen LogP contribution in [0.15, 0.2) is 59.5 Å². The number of ether oxygens (including phenoxy) is 1. The molecule has 0 fully saturated rings. The van der Waals surface area contributed by atoms with Gasteiger partial charge in [-0.3, -0.25) is 29.9 Å². The number of aromatic nitrogens is 2. The molecule has 3 aromatic rings. The van der Waals surface area contributed by atoms with Gasteiger partial charge >= 0.3 is 0 Å².